The van der Waals surface area contributed by atoms with E-state index < -0.39 is 22.6 Å². The van der Waals surface area contributed by atoms with Gasteiger partial charge in [-0.15, -0.1) is 0 Å². The molecule has 120 valence electrons. The van der Waals surface area contributed by atoms with Gasteiger partial charge in [-0.2, -0.15) is 13.2 Å². The van der Waals surface area contributed by atoms with Crippen LogP contribution in [0, 0.1) is 0 Å². The SMILES string of the molecule is CNCc1cc(S(=O)(=O)NCCCC(F)(F)F)ccc1Cl. The first-order valence-electron chi connectivity index (χ1n) is 6.15. The van der Waals surface area contributed by atoms with Gasteiger partial charge in [-0.05, 0) is 37.2 Å². The summed E-state index contributed by atoms with van der Waals surface area (Å²) in [4.78, 5) is -0.0239. The van der Waals surface area contributed by atoms with Crippen LogP contribution < -0.4 is 10.0 Å². The van der Waals surface area contributed by atoms with Gasteiger partial charge in [0.15, 0.2) is 0 Å². The van der Waals surface area contributed by atoms with Crippen LogP contribution in [-0.4, -0.2) is 28.2 Å². The fraction of sp³-hybridized carbons (Fsp3) is 0.500. The number of sulfonamides is 1. The number of rotatable bonds is 7. The third-order valence-electron chi connectivity index (χ3n) is 2.62. The zero-order valence-corrected chi connectivity index (χ0v) is 12.9. The van der Waals surface area contributed by atoms with Crippen LogP contribution in [0.2, 0.25) is 5.02 Å². The third-order valence-corrected chi connectivity index (χ3v) is 4.45. The van der Waals surface area contributed by atoms with Crippen LogP contribution in [0.4, 0.5) is 13.2 Å². The Kier molecular flexibility index (Phi) is 6.45. The van der Waals surface area contributed by atoms with Crippen molar-refractivity contribution in [3.8, 4) is 0 Å². The molecule has 0 unspecified atom stereocenters. The van der Waals surface area contributed by atoms with Crippen LogP contribution in [-0.2, 0) is 16.6 Å². The average Bonchev–Trinajstić information content (AvgIpc) is 2.36. The number of benzene rings is 1. The van der Waals surface area contributed by atoms with E-state index in [-0.39, 0.29) is 17.9 Å². The minimum atomic E-state index is -4.29. The van der Waals surface area contributed by atoms with Gasteiger partial charge in [0.25, 0.3) is 0 Å². The zero-order valence-electron chi connectivity index (χ0n) is 11.3. The quantitative estimate of drug-likeness (QED) is 0.748. The summed E-state index contributed by atoms with van der Waals surface area (Å²) in [5.74, 6) is 0. The number of hydrogen-bond donors (Lipinski definition) is 2. The second-order valence-electron chi connectivity index (χ2n) is 4.40. The first-order valence-corrected chi connectivity index (χ1v) is 8.01. The molecule has 0 aliphatic carbocycles. The molecule has 1 rings (SSSR count). The molecule has 4 nitrogen and oxygen atoms in total. The number of halogens is 4. The molecule has 2 N–H and O–H groups in total. The predicted molar refractivity (Wildman–Crippen MR) is 74.7 cm³/mol. The van der Waals surface area contributed by atoms with Gasteiger partial charge in [-0.25, -0.2) is 13.1 Å². The van der Waals surface area contributed by atoms with Gasteiger partial charge in [-0.1, -0.05) is 11.6 Å². The highest BCUT2D eigenvalue weighted by molar-refractivity contribution is 7.89. The van der Waals surface area contributed by atoms with Gasteiger partial charge < -0.3 is 5.32 Å². The van der Waals surface area contributed by atoms with E-state index in [2.05, 4.69) is 10.0 Å². The summed E-state index contributed by atoms with van der Waals surface area (Å²) in [6, 6.07) is 4.15. The van der Waals surface area contributed by atoms with Gasteiger partial charge in [0, 0.05) is 24.5 Å². The lowest BCUT2D eigenvalue weighted by Gasteiger charge is -2.10. The smallest absolute Gasteiger partial charge is 0.316 e. The Morgan fingerprint density at radius 1 is 1.29 bits per heavy atom. The first-order chi connectivity index (χ1) is 9.65. The molecule has 0 saturated carbocycles. The highest BCUT2D eigenvalue weighted by Gasteiger charge is 2.26. The molecule has 0 aliphatic heterocycles. The van der Waals surface area contributed by atoms with Crippen molar-refractivity contribution in [2.45, 2.75) is 30.5 Å². The summed E-state index contributed by atoms with van der Waals surface area (Å²) in [5, 5.41) is 3.26. The normalized spacial score (nSPS) is 12.6. The number of alkyl halides is 3. The summed E-state index contributed by atoms with van der Waals surface area (Å²) in [6.07, 6.45) is -5.62. The van der Waals surface area contributed by atoms with E-state index in [9.17, 15) is 21.6 Å². The predicted octanol–water partition coefficient (Wildman–Crippen LogP) is 2.68. The maximum Gasteiger partial charge on any atom is 0.389 e. The first kappa shape index (κ1) is 18.2. The Hall–Kier alpha value is -0.830. The molecule has 0 bridgehead atoms. The fourth-order valence-electron chi connectivity index (χ4n) is 1.62. The summed E-state index contributed by atoms with van der Waals surface area (Å²) < 4.78 is 62.0. The van der Waals surface area contributed by atoms with E-state index >= 15 is 0 Å². The molecule has 0 amide bonds. The monoisotopic (exact) mass is 344 g/mol. The fourth-order valence-corrected chi connectivity index (χ4v) is 2.93. The molecular formula is C12H16ClF3N2O2S. The van der Waals surface area contributed by atoms with Crippen molar-refractivity contribution in [1.82, 2.24) is 10.0 Å². The van der Waals surface area contributed by atoms with Crippen molar-refractivity contribution in [2.75, 3.05) is 13.6 Å². The molecule has 9 heteroatoms. The molecule has 0 saturated heterocycles. The Bertz CT molecular complexity index is 576. The average molecular weight is 345 g/mol. The van der Waals surface area contributed by atoms with Crippen molar-refractivity contribution in [3.63, 3.8) is 0 Å². The van der Waals surface area contributed by atoms with Crippen LogP contribution in [0.3, 0.4) is 0 Å². The molecule has 0 aliphatic rings. The molecule has 0 spiro atoms. The van der Waals surface area contributed by atoms with Crippen molar-refractivity contribution in [3.05, 3.63) is 28.8 Å². The highest BCUT2D eigenvalue weighted by Crippen LogP contribution is 2.22. The summed E-state index contributed by atoms with van der Waals surface area (Å²) in [5.41, 5.74) is 0.595. The standard InChI is InChI=1S/C12H16ClF3N2O2S/c1-17-8-9-7-10(3-4-11(9)13)21(19,20)18-6-2-5-12(14,15)16/h3-4,7,17-18H,2,5-6,8H2,1H3. The van der Waals surface area contributed by atoms with Gasteiger partial charge in [0.05, 0.1) is 4.90 Å². The Morgan fingerprint density at radius 3 is 2.52 bits per heavy atom. The molecule has 0 aromatic heterocycles. The van der Waals surface area contributed by atoms with Gasteiger partial charge >= 0.3 is 6.18 Å². The summed E-state index contributed by atoms with van der Waals surface area (Å²) in [6.45, 7) is 0.113. The largest absolute Gasteiger partial charge is 0.389 e. The minimum absolute atomic E-state index is 0.0239. The second kappa shape index (κ2) is 7.44. The van der Waals surface area contributed by atoms with Crippen molar-refractivity contribution < 1.29 is 21.6 Å². The molecule has 1 aromatic rings. The Morgan fingerprint density at radius 2 is 1.95 bits per heavy atom. The molecule has 0 radical (unpaired) electrons. The summed E-state index contributed by atoms with van der Waals surface area (Å²) in [7, 11) is -2.15. The van der Waals surface area contributed by atoms with E-state index in [1.54, 1.807) is 7.05 Å². The molecule has 0 heterocycles. The van der Waals surface area contributed by atoms with Gasteiger partial charge in [0.1, 0.15) is 0 Å². The highest BCUT2D eigenvalue weighted by atomic mass is 35.5. The second-order valence-corrected chi connectivity index (χ2v) is 6.57. The van der Waals surface area contributed by atoms with Gasteiger partial charge in [-0.3, -0.25) is 0 Å². The van der Waals surface area contributed by atoms with E-state index in [1.807, 2.05) is 0 Å². The molecular weight excluding hydrogens is 329 g/mol. The van der Waals surface area contributed by atoms with Crippen LogP contribution in [0.5, 0.6) is 0 Å². The Balaban J connectivity index is 2.72. The maximum absolute atomic E-state index is 12.0. The molecule has 0 fully saturated rings. The van der Waals surface area contributed by atoms with E-state index in [1.165, 1.54) is 18.2 Å². The Labute approximate surface area is 126 Å². The third kappa shape index (κ3) is 6.21. The molecule has 21 heavy (non-hydrogen) atoms. The van der Waals surface area contributed by atoms with Crippen molar-refractivity contribution in [1.29, 1.82) is 0 Å². The number of nitrogens with one attached hydrogen (secondary N) is 2. The maximum atomic E-state index is 12.0. The van der Waals surface area contributed by atoms with E-state index in [4.69, 9.17) is 11.6 Å². The molecule has 0 atom stereocenters. The lowest BCUT2D eigenvalue weighted by atomic mass is 10.2. The van der Waals surface area contributed by atoms with Crippen LogP contribution in [0.1, 0.15) is 18.4 Å². The van der Waals surface area contributed by atoms with Gasteiger partial charge in [0.2, 0.25) is 10.0 Å². The lowest BCUT2D eigenvalue weighted by Crippen LogP contribution is -2.26. The summed E-state index contributed by atoms with van der Waals surface area (Å²) >= 11 is 5.92. The minimum Gasteiger partial charge on any atom is -0.316 e. The van der Waals surface area contributed by atoms with E-state index in [0.717, 1.165) is 0 Å². The molecule has 1 aromatic carbocycles. The van der Waals surface area contributed by atoms with Crippen LogP contribution in [0.15, 0.2) is 23.1 Å². The van der Waals surface area contributed by atoms with Crippen LogP contribution in [0.25, 0.3) is 0 Å². The van der Waals surface area contributed by atoms with E-state index in [0.29, 0.717) is 17.1 Å². The van der Waals surface area contributed by atoms with Crippen LogP contribution >= 0.6 is 11.6 Å². The van der Waals surface area contributed by atoms with Crippen molar-refractivity contribution >= 4 is 21.6 Å². The zero-order chi connectivity index (χ0) is 16.1. The topological polar surface area (TPSA) is 58.2 Å². The number of hydrogen-bond acceptors (Lipinski definition) is 3. The lowest BCUT2D eigenvalue weighted by molar-refractivity contribution is -0.135. The van der Waals surface area contributed by atoms with Crippen molar-refractivity contribution in [2.24, 2.45) is 0 Å².